The Morgan fingerprint density at radius 3 is 2.52 bits per heavy atom. The highest BCUT2D eigenvalue weighted by molar-refractivity contribution is 5.83. The van der Waals surface area contributed by atoms with E-state index < -0.39 is 0 Å². The molecule has 2 amide bonds. The van der Waals surface area contributed by atoms with E-state index in [0.29, 0.717) is 31.6 Å². The maximum absolute atomic E-state index is 14.0. The van der Waals surface area contributed by atoms with E-state index >= 15 is 0 Å². The Balaban J connectivity index is 1.46. The number of benzene rings is 2. The summed E-state index contributed by atoms with van der Waals surface area (Å²) in [7, 11) is 0. The Kier molecular flexibility index (Phi) is 5.93. The van der Waals surface area contributed by atoms with Crippen LogP contribution < -0.4 is 5.32 Å². The zero-order chi connectivity index (χ0) is 20.2. The standard InChI is InChI=1S/C24H27FN2O2/c25-22-8-4-3-7-21(22)18-11-9-17(10-12-18)15-20-16-27(14-13-26-23(20)28)24(29)19-5-1-2-6-19/h3-4,7-12,19-20H,1-2,5-6,13-16H2,(H,26,28). The summed E-state index contributed by atoms with van der Waals surface area (Å²) in [5.74, 6) is -0.167. The SMILES string of the molecule is O=C1NCCN(C(=O)C2CCCC2)CC1Cc1ccc(-c2ccccc2F)cc1. The van der Waals surface area contributed by atoms with Gasteiger partial charge in [0.05, 0.1) is 5.92 Å². The molecule has 1 N–H and O–H groups in total. The van der Waals surface area contributed by atoms with Crippen molar-refractivity contribution in [1.29, 1.82) is 0 Å². The topological polar surface area (TPSA) is 49.4 Å². The van der Waals surface area contributed by atoms with Crippen molar-refractivity contribution in [3.05, 3.63) is 59.9 Å². The molecule has 0 spiro atoms. The van der Waals surface area contributed by atoms with Crippen molar-refractivity contribution in [1.82, 2.24) is 10.2 Å². The average Bonchev–Trinajstić information content (AvgIpc) is 3.21. The molecule has 0 bridgehead atoms. The lowest BCUT2D eigenvalue weighted by Gasteiger charge is -2.26. The van der Waals surface area contributed by atoms with Crippen LogP contribution in [0.3, 0.4) is 0 Å². The molecule has 0 aromatic heterocycles. The van der Waals surface area contributed by atoms with Crippen molar-refractivity contribution in [2.45, 2.75) is 32.1 Å². The van der Waals surface area contributed by atoms with E-state index in [9.17, 15) is 14.0 Å². The van der Waals surface area contributed by atoms with E-state index in [1.54, 1.807) is 12.1 Å². The van der Waals surface area contributed by atoms with Crippen LogP contribution in [0.15, 0.2) is 48.5 Å². The normalized spacial score (nSPS) is 20.4. The molecule has 0 radical (unpaired) electrons. The number of hydrogen-bond donors (Lipinski definition) is 1. The molecule has 29 heavy (non-hydrogen) atoms. The summed E-state index contributed by atoms with van der Waals surface area (Å²) in [6, 6.07) is 14.4. The molecule has 1 aliphatic carbocycles. The van der Waals surface area contributed by atoms with Crippen LogP contribution in [-0.4, -0.2) is 36.3 Å². The Labute approximate surface area is 171 Å². The van der Waals surface area contributed by atoms with Crippen LogP contribution >= 0.6 is 0 Å². The molecule has 1 saturated heterocycles. The largest absolute Gasteiger partial charge is 0.354 e. The van der Waals surface area contributed by atoms with Gasteiger partial charge in [-0.25, -0.2) is 4.39 Å². The maximum Gasteiger partial charge on any atom is 0.225 e. The van der Waals surface area contributed by atoms with Crippen LogP contribution in [0.5, 0.6) is 0 Å². The first-order valence-corrected chi connectivity index (χ1v) is 10.5. The summed E-state index contributed by atoms with van der Waals surface area (Å²) in [5, 5.41) is 2.95. The van der Waals surface area contributed by atoms with Gasteiger partial charge in [0, 0.05) is 31.1 Å². The van der Waals surface area contributed by atoms with Gasteiger partial charge in [0.2, 0.25) is 11.8 Å². The molecule has 1 atom stereocenters. The molecule has 4 rings (SSSR count). The van der Waals surface area contributed by atoms with Gasteiger partial charge in [-0.3, -0.25) is 9.59 Å². The minimum absolute atomic E-state index is 0.00454. The van der Waals surface area contributed by atoms with Crippen molar-refractivity contribution in [3.8, 4) is 11.1 Å². The smallest absolute Gasteiger partial charge is 0.225 e. The molecule has 1 saturated carbocycles. The lowest BCUT2D eigenvalue weighted by Crippen LogP contribution is -2.40. The lowest BCUT2D eigenvalue weighted by atomic mass is 9.95. The minimum Gasteiger partial charge on any atom is -0.354 e. The highest BCUT2D eigenvalue weighted by atomic mass is 19.1. The number of nitrogens with zero attached hydrogens (tertiary/aromatic N) is 1. The van der Waals surface area contributed by atoms with Crippen LogP contribution in [0.1, 0.15) is 31.2 Å². The second-order valence-electron chi connectivity index (χ2n) is 8.13. The predicted molar refractivity (Wildman–Crippen MR) is 111 cm³/mol. The first-order valence-electron chi connectivity index (χ1n) is 10.5. The second-order valence-corrected chi connectivity index (χ2v) is 8.13. The van der Waals surface area contributed by atoms with E-state index in [-0.39, 0.29) is 29.5 Å². The van der Waals surface area contributed by atoms with Gasteiger partial charge >= 0.3 is 0 Å². The van der Waals surface area contributed by atoms with Crippen LogP contribution in [0, 0.1) is 17.7 Å². The highest BCUT2D eigenvalue weighted by Crippen LogP contribution is 2.28. The Bertz CT molecular complexity index is 875. The zero-order valence-electron chi connectivity index (χ0n) is 16.6. The van der Waals surface area contributed by atoms with Crippen LogP contribution in [-0.2, 0) is 16.0 Å². The van der Waals surface area contributed by atoms with Crippen molar-refractivity contribution >= 4 is 11.8 Å². The number of rotatable bonds is 4. The molecule has 1 unspecified atom stereocenters. The van der Waals surface area contributed by atoms with Crippen LogP contribution in [0.4, 0.5) is 4.39 Å². The summed E-state index contributed by atoms with van der Waals surface area (Å²) >= 11 is 0. The van der Waals surface area contributed by atoms with Crippen molar-refractivity contribution in [3.63, 3.8) is 0 Å². The molecule has 2 fully saturated rings. The molecular weight excluding hydrogens is 367 g/mol. The summed E-state index contributed by atoms with van der Waals surface area (Å²) in [5.41, 5.74) is 2.40. The van der Waals surface area contributed by atoms with Crippen molar-refractivity contribution < 1.29 is 14.0 Å². The monoisotopic (exact) mass is 394 g/mol. The number of hydrogen-bond acceptors (Lipinski definition) is 2. The number of carbonyl (C=O) groups is 2. The fourth-order valence-corrected chi connectivity index (χ4v) is 4.49. The third kappa shape index (κ3) is 4.50. The van der Waals surface area contributed by atoms with Gasteiger partial charge in [0.1, 0.15) is 5.82 Å². The van der Waals surface area contributed by atoms with Gasteiger partial charge < -0.3 is 10.2 Å². The van der Waals surface area contributed by atoms with E-state index in [1.807, 2.05) is 35.2 Å². The molecule has 2 aliphatic rings. The predicted octanol–water partition coefficient (Wildman–Crippen LogP) is 3.80. The van der Waals surface area contributed by atoms with Gasteiger partial charge in [-0.15, -0.1) is 0 Å². The van der Waals surface area contributed by atoms with E-state index in [2.05, 4.69) is 5.32 Å². The zero-order valence-corrected chi connectivity index (χ0v) is 16.6. The van der Waals surface area contributed by atoms with E-state index in [0.717, 1.165) is 36.8 Å². The lowest BCUT2D eigenvalue weighted by molar-refractivity contribution is -0.136. The quantitative estimate of drug-likeness (QED) is 0.858. The van der Waals surface area contributed by atoms with Crippen molar-refractivity contribution in [2.24, 2.45) is 11.8 Å². The van der Waals surface area contributed by atoms with Gasteiger partial charge in [0.15, 0.2) is 0 Å². The molecule has 152 valence electrons. The Hall–Kier alpha value is -2.69. The second kappa shape index (κ2) is 8.76. The Morgan fingerprint density at radius 1 is 1.07 bits per heavy atom. The average molecular weight is 394 g/mol. The third-order valence-corrected chi connectivity index (χ3v) is 6.13. The van der Waals surface area contributed by atoms with E-state index in [4.69, 9.17) is 0 Å². The molecule has 2 aromatic rings. The summed E-state index contributed by atoms with van der Waals surface area (Å²) in [6.45, 7) is 1.57. The molecule has 1 aliphatic heterocycles. The minimum atomic E-state index is -0.262. The molecule has 2 aromatic carbocycles. The van der Waals surface area contributed by atoms with E-state index in [1.165, 1.54) is 6.07 Å². The van der Waals surface area contributed by atoms with Crippen LogP contribution in [0.2, 0.25) is 0 Å². The first kappa shape index (κ1) is 19.6. The van der Waals surface area contributed by atoms with Gasteiger partial charge in [-0.1, -0.05) is 55.3 Å². The molecular formula is C24H27FN2O2. The summed E-state index contributed by atoms with van der Waals surface area (Å²) in [4.78, 5) is 27.3. The molecule has 1 heterocycles. The number of nitrogens with one attached hydrogen (secondary N) is 1. The number of halogens is 1. The van der Waals surface area contributed by atoms with Crippen LogP contribution in [0.25, 0.3) is 11.1 Å². The van der Waals surface area contributed by atoms with Gasteiger partial charge in [0.25, 0.3) is 0 Å². The Morgan fingerprint density at radius 2 is 1.79 bits per heavy atom. The van der Waals surface area contributed by atoms with Gasteiger partial charge in [-0.2, -0.15) is 0 Å². The fourth-order valence-electron chi connectivity index (χ4n) is 4.49. The summed E-state index contributed by atoms with van der Waals surface area (Å²) < 4.78 is 14.0. The highest BCUT2D eigenvalue weighted by Gasteiger charge is 2.32. The van der Waals surface area contributed by atoms with Crippen molar-refractivity contribution in [2.75, 3.05) is 19.6 Å². The fraction of sp³-hybridized carbons (Fsp3) is 0.417. The summed E-state index contributed by atoms with van der Waals surface area (Å²) in [6.07, 6.45) is 4.76. The number of amides is 2. The maximum atomic E-state index is 14.0. The third-order valence-electron chi connectivity index (χ3n) is 6.13. The molecule has 5 heteroatoms. The van der Waals surface area contributed by atoms with Gasteiger partial charge in [-0.05, 0) is 36.5 Å². The first-order chi connectivity index (χ1) is 14.1. The number of carbonyl (C=O) groups excluding carboxylic acids is 2. The molecule has 4 nitrogen and oxygen atoms in total.